The summed E-state index contributed by atoms with van der Waals surface area (Å²) < 4.78 is 23.9. The lowest BCUT2D eigenvalue weighted by Crippen LogP contribution is -2.30. The van der Waals surface area contributed by atoms with Crippen LogP contribution >= 0.6 is 0 Å². The first-order chi connectivity index (χ1) is 15.4. The highest BCUT2D eigenvalue weighted by Gasteiger charge is 2.24. The van der Waals surface area contributed by atoms with E-state index < -0.39 is 12.1 Å². The summed E-state index contributed by atoms with van der Waals surface area (Å²) in [5.41, 5.74) is 2.19. The number of nitrogens with zero attached hydrogens (tertiary/aromatic N) is 1. The molecule has 2 aromatic carbocycles. The Morgan fingerprint density at radius 2 is 1.62 bits per heavy atom. The van der Waals surface area contributed by atoms with E-state index in [1.807, 2.05) is 31.4 Å². The molecule has 1 atom stereocenters. The molecule has 7 heteroatoms. The number of benzene rings is 2. The molecule has 7 nitrogen and oxygen atoms in total. The number of hydrogen-bond acceptors (Lipinski definition) is 6. The second kappa shape index (κ2) is 10.2. The second-order valence-electron chi connectivity index (χ2n) is 7.22. The molecule has 0 amide bonds. The molecule has 1 unspecified atom stereocenters. The standard InChI is InChI=1S/C25H29NO6/c1-6-22(31-18-11-9-17(29-5)10-12-18)24(27)32-19-13-14-21-20(15-19)23(25(28)30-8-3)16(4)26(21)7-2/h9-15,22H,6-8H2,1-5H3. The van der Waals surface area contributed by atoms with Gasteiger partial charge >= 0.3 is 11.9 Å². The summed E-state index contributed by atoms with van der Waals surface area (Å²) in [6.07, 6.45) is -0.336. The molecule has 0 aliphatic heterocycles. The Morgan fingerprint density at radius 1 is 0.969 bits per heavy atom. The summed E-state index contributed by atoms with van der Waals surface area (Å²) >= 11 is 0. The van der Waals surface area contributed by atoms with Gasteiger partial charge in [0.15, 0.2) is 6.10 Å². The first-order valence-electron chi connectivity index (χ1n) is 10.8. The van der Waals surface area contributed by atoms with Gasteiger partial charge < -0.3 is 23.5 Å². The lowest BCUT2D eigenvalue weighted by atomic mass is 10.1. The average Bonchev–Trinajstić information content (AvgIpc) is 3.08. The van der Waals surface area contributed by atoms with Crippen molar-refractivity contribution in [3.05, 3.63) is 53.7 Å². The lowest BCUT2D eigenvalue weighted by molar-refractivity contribution is -0.142. The highest BCUT2D eigenvalue weighted by atomic mass is 16.6. The van der Waals surface area contributed by atoms with E-state index in [-0.39, 0.29) is 12.6 Å². The van der Waals surface area contributed by atoms with Crippen molar-refractivity contribution in [2.24, 2.45) is 0 Å². The number of esters is 2. The van der Waals surface area contributed by atoms with E-state index in [1.165, 1.54) is 0 Å². The molecule has 0 bridgehead atoms. The van der Waals surface area contributed by atoms with E-state index in [0.717, 1.165) is 11.2 Å². The molecule has 170 valence electrons. The van der Waals surface area contributed by atoms with Gasteiger partial charge in [-0.25, -0.2) is 9.59 Å². The van der Waals surface area contributed by atoms with Crippen LogP contribution < -0.4 is 14.2 Å². The van der Waals surface area contributed by atoms with E-state index >= 15 is 0 Å². The minimum atomic E-state index is -0.773. The summed E-state index contributed by atoms with van der Waals surface area (Å²) in [6.45, 7) is 8.51. The number of aryl methyl sites for hydroxylation is 1. The second-order valence-corrected chi connectivity index (χ2v) is 7.22. The van der Waals surface area contributed by atoms with Gasteiger partial charge in [-0.3, -0.25) is 0 Å². The number of carbonyl (C=O) groups excluding carboxylic acids is 2. The smallest absolute Gasteiger partial charge is 0.352 e. The molecule has 3 rings (SSSR count). The number of rotatable bonds is 9. The zero-order chi connectivity index (χ0) is 23.3. The monoisotopic (exact) mass is 439 g/mol. The summed E-state index contributed by atoms with van der Waals surface area (Å²) in [5.74, 6) is 0.698. The fourth-order valence-corrected chi connectivity index (χ4v) is 3.69. The maximum atomic E-state index is 12.8. The van der Waals surface area contributed by atoms with Gasteiger partial charge in [0.2, 0.25) is 0 Å². The number of methoxy groups -OCH3 is 1. The number of hydrogen-bond donors (Lipinski definition) is 0. The van der Waals surface area contributed by atoms with Crippen LogP contribution in [0.4, 0.5) is 0 Å². The van der Waals surface area contributed by atoms with Gasteiger partial charge in [0.05, 0.1) is 19.3 Å². The van der Waals surface area contributed by atoms with Crippen LogP contribution in [-0.2, 0) is 16.1 Å². The largest absolute Gasteiger partial charge is 0.497 e. The van der Waals surface area contributed by atoms with Crippen molar-refractivity contribution in [2.45, 2.75) is 46.8 Å². The zero-order valence-corrected chi connectivity index (χ0v) is 19.1. The molecule has 0 saturated carbocycles. The van der Waals surface area contributed by atoms with Gasteiger partial charge in [0, 0.05) is 23.1 Å². The van der Waals surface area contributed by atoms with E-state index in [0.29, 0.717) is 41.2 Å². The van der Waals surface area contributed by atoms with Crippen LogP contribution in [0.5, 0.6) is 17.2 Å². The van der Waals surface area contributed by atoms with Crippen molar-refractivity contribution < 1.29 is 28.5 Å². The number of fused-ring (bicyclic) bond motifs is 1. The Bertz CT molecular complexity index is 1100. The maximum absolute atomic E-state index is 12.8. The molecule has 0 aliphatic carbocycles. The summed E-state index contributed by atoms with van der Waals surface area (Å²) in [6, 6.07) is 12.3. The topological polar surface area (TPSA) is 76.0 Å². The van der Waals surface area contributed by atoms with Gasteiger partial charge in [0.25, 0.3) is 0 Å². The fraction of sp³-hybridized carbons (Fsp3) is 0.360. The van der Waals surface area contributed by atoms with Crippen molar-refractivity contribution in [3.63, 3.8) is 0 Å². The normalized spacial score (nSPS) is 11.8. The van der Waals surface area contributed by atoms with E-state index in [1.54, 1.807) is 50.4 Å². The van der Waals surface area contributed by atoms with Crippen molar-refractivity contribution in [1.82, 2.24) is 4.57 Å². The quantitative estimate of drug-likeness (QED) is 0.348. The molecule has 32 heavy (non-hydrogen) atoms. The Morgan fingerprint density at radius 3 is 2.22 bits per heavy atom. The summed E-state index contributed by atoms with van der Waals surface area (Å²) in [7, 11) is 1.59. The molecule has 3 aromatic rings. The van der Waals surface area contributed by atoms with Crippen LogP contribution in [0.1, 0.15) is 43.2 Å². The van der Waals surface area contributed by atoms with Crippen LogP contribution in [0.2, 0.25) is 0 Å². The minimum Gasteiger partial charge on any atom is -0.497 e. The van der Waals surface area contributed by atoms with E-state index in [4.69, 9.17) is 18.9 Å². The first kappa shape index (κ1) is 23.2. The van der Waals surface area contributed by atoms with Gasteiger partial charge in [-0.05, 0) is 69.7 Å². The molecular weight excluding hydrogens is 410 g/mol. The molecule has 0 fully saturated rings. The predicted molar refractivity (Wildman–Crippen MR) is 122 cm³/mol. The minimum absolute atomic E-state index is 0.284. The highest BCUT2D eigenvalue weighted by Crippen LogP contribution is 2.30. The van der Waals surface area contributed by atoms with Crippen LogP contribution in [0.3, 0.4) is 0 Å². The predicted octanol–water partition coefficient (Wildman–Crippen LogP) is 4.92. The molecule has 1 heterocycles. The third kappa shape index (κ3) is 4.72. The van der Waals surface area contributed by atoms with Gasteiger partial charge in [-0.2, -0.15) is 0 Å². The Balaban J connectivity index is 1.85. The Hall–Kier alpha value is -3.48. The van der Waals surface area contributed by atoms with Crippen molar-refractivity contribution >= 4 is 22.8 Å². The average molecular weight is 440 g/mol. The Labute approximate surface area is 187 Å². The fourth-order valence-electron chi connectivity index (χ4n) is 3.69. The molecule has 0 N–H and O–H groups in total. The number of ether oxygens (including phenoxy) is 4. The van der Waals surface area contributed by atoms with Crippen molar-refractivity contribution in [2.75, 3.05) is 13.7 Å². The van der Waals surface area contributed by atoms with Crippen LogP contribution in [0.25, 0.3) is 10.9 Å². The summed E-state index contributed by atoms with van der Waals surface area (Å²) in [5, 5.41) is 0.692. The molecule has 0 spiro atoms. The molecule has 0 saturated heterocycles. The lowest BCUT2D eigenvalue weighted by Gasteiger charge is -2.16. The third-order valence-electron chi connectivity index (χ3n) is 5.28. The van der Waals surface area contributed by atoms with E-state index in [2.05, 4.69) is 0 Å². The number of carbonyl (C=O) groups is 2. The molecule has 1 aromatic heterocycles. The molecular formula is C25H29NO6. The van der Waals surface area contributed by atoms with Gasteiger partial charge in [0.1, 0.15) is 17.2 Å². The van der Waals surface area contributed by atoms with Crippen molar-refractivity contribution in [3.8, 4) is 17.2 Å². The van der Waals surface area contributed by atoms with Crippen LogP contribution in [0, 0.1) is 6.92 Å². The van der Waals surface area contributed by atoms with Gasteiger partial charge in [-0.15, -0.1) is 0 Å². The summed E-state index contributed by atoms with van der Waals surface area (Å²) in [4.78, 5) is 25.4. The molecule has 0 radical (unpaired) electrons. The van der Waals surface area contributed by atoms with E-state index in [9.17, 15) is 9.59 Å². The van der Waals surface area contributed by atoms with Gasteiger partial charge in [-0.1, -0.05) is 6.92 Å². The number of aromatic nitrogens is 1. The zero-order valence-electron chi connectivity index (χ0n) is 19.1. The van der Waals surface area contributed by atoms with Crippen LogP contribution in [0.15, 0.2) is 42.5 Å². The van der Waals surface area contributed by atoms with Crippen molar-refractivity contribution in [1.29, 1.82) is 0 Å². The Kier molecular flexibility index (Phi) is 7.41. The highest BCUT2D eigenvalue weighted by molar-refractivity contribution is 6.06. The third-order valence-corrected chi connectivity index (χ3v) is 5.28. The maximum Gasteiger partial charge on any atom is 0.352 e. The molecule has 0 aliphatic rings. The van der Waals surface area contributed by atoms with Crippen LogP contribution in [-0.4, -0.2) is 36.3 Å². The first-order valence-corrected chi connectivity index (χ1v) is 10.8. The SMILES string of the molecule is CCOC(=O)c1c(C)n(CC)c2ccc(OC(=O)C(CC)Oc3ccc(OC)cc3)cc12.